The third-order valence-corrected chi connectivity index (χ3v) is 4.51. The number of esters is 1. The lowest BCUT2D eigenvalue weighted by molar-refractivity contribution is -0.139. The number of ether oxygens (including phenoxy) is 1. The first-order chi connectivity index (χ1) is 12.9. The maximum atomic E-state index is 13.3. The molecule has 0 bridgehead atoms. The number of hydrogen-bond acceptors (Lipinski definition) is 6. The van der Waals surface area contributed by atoms with Crippen LogP contribution in [0.15, 0.2) is 40.3 Å². The first-order valence-corrected chi connectivity index (χ1v) is 9.22. The second kappa shape index (κ2) is 9.86. The van der Waals surface area contributed by atoms with Gasteiger partial charge in [-0.15, -0.1) is 0 Å². The highest BCUT2D eigenvalue weighted by Crippen LogP contribution is 2.14. The number of carbonyl (C=O) groups is 2. The fourth-order valence-corrected chi connectivity index (χ4v) is 3.11. The molecule has 0 fully saturated rings. The number of aromatic amines is 1. The van der Waals surface area contributed by atoms with E-state index >= 15 is 0 Å². The number of nitrogens with one attached hydrogen (secondary N) is 1. The standard InChI is InChI=1S/C18H20FN3O4S/c1-3-22(10-12-5-4-6-13(19)7-12)16(24)11-27-18-20-14(8-15(23)21-18)9-17(25)26-2/h4-8H,3,9-11H2,1-2H3,(H,20,21,23). The van der Waals surface area contributed by atoms with Crippen molar-refractivity contribution in [3.05, 3.63) is 57.8 Å². The Kier molecular flexibility index (Phi) is 7.54. The van der Waals surface area contributed by atoms with Crippen LogP contribution in [0, 0.1) is 5.82 Å². The number of halogens is 1. The summed E-state index contributed by atoms with van der Waals surface area (Å²) in [5.41, 5.74) is 0.556. The van der Waals surface area contributed by atoms with Crippen LogP contribution in [-0.4, -0.2) is 46.2 Å². The molecule has 0 aliphatic heterocycles. The van der Waals surface area contributed by atoms with Gasteiger partial charge in [0, 0.05) is 19.2 Å². The van der Waals surface area contributed by atoms with Crippen molar-refractivity contribution in [1.29, 1.82) is 0 Å². The number of aromatic nitrogens is 2. The topological polar surface area (TPSA) is 92.4 Å². The summed E-state index contributed by atoms with van der Waals surface area (Å²) < 4.78 is 17.9. The highest BCUT2D eigenvalue weighted by molar-refractivity contribution is 7.99. The number of nitrogens with zero attached hydrogens (tertiary/aromatic N) is 2. The lowest BCUT2D eigenvalue weighted by Gasteiger charge is -2.20. The van der Waals surface area contributed by atoms with E-state index < -0.39 is 11.5 Å². The molecule has 2 aromatic rings. The van der Waals surface area contributed by atoms with Gasteiger partial charge in [0.05, 0.1) is 25.0 Å². The van der Waals surface area contributed by atoms with Gasteiger partial charge < -0.3 is 14.6 Å². The lowest BCUT2D eigenvalue weighted by Crippen LogP contribution is -2.31. The van der Waals surface area contributed by atoms with Crippen molar-refractivity contribution in [2.24, 2.45) is 0 Å². The predicted molar refractivity (Wildman–Crippen MR) is 98.8 cm³/mol. The minimum Gasteiger partial charge on any atom is -0.469 e. The Balaban J connectivity index is 2.00. The average Bonchev–Trinajstić information content (AvgIpc) is 2.63. The SMILES string of the molecule is CCN(Cc1cccc(F)c1)C(=O)CSc1nc(CC(=O)OC)cc(=O)[nH]1. The van der Waals surface area contributed by atoms with Crippen LogP contribution in [0.5, 0.6) is 0 Å². The molecule has 0 saturated heterocycles. The Morgan fingerprint density at radius 2 is 2.11 bits per heavy atom. The zero-order chi connectivity index (χ0) is 19.8. The van der Waals surface area contributed by atoms with Crippen LogP contribution in [0.25, 0.3) is 0 Å². The number of methoxy groups -OCH3 is 1. The van der Waals surface area contributed by atoms with Crippen molar-refractivity contribution >= 4 is 23.6 Å². The summed E-state index contributed by atoms with van der Waals surface area (Å²) in [4.78, 5) is 43.7. The number of H-pyrrole nitrogens is 1. The molecule has 1 N–H and O–H groups in total. The molecular weight excluding hydrogens is 373 g/mol. The second-order valence-electron chi connectivity index (χ2n) is 5.62. The molecule has 0 saturated carbocycles. The van der Waals surface area contributed by atoms with E-state index in [9.17, 15) is 18.8 Å². The van der Waals surface area contributed by atoms with Crippen molar-refractivity contribution in [2.45, 2.75) is 25.0 Å². The summed E-state index contributed by atoms with van der Waals surface area (Å²) >= 11 is 1.06. The number of rotatable bonds is 8. The molecule has 0 aliphatic rings. The normalized spacial score (nSPS) is 10.5. The highest BCUT2D eigenvalue weighted by atomic mass is 32.2. The van der Waals surface area contributed by atoms with E-state index in [0.717, 1.165) is 11.8 Å². The third-order valence-electron chi connectivity index (χ3n) is 3.66. The molecule has 7 nitrogen and oxygen atoms in total. The first-order valence-electron chi connectivity index (χ1n) is 8.23. The molecule has 9 heteroatoms. The molecule has 0 atom stereocenters. The van der Waals surface area contributed by atoms with Crippen molar-refractivity contribution in [2.75, 3.05) is 19.4 Å². The summed E-state index contributed by atoms with van der Waals surface area (Å²) in [6.45, 7) is 2.58. The summed E-state index contributed by atoms with van der Waals surface area (Å²) in [5, 5.41) is 0.247. The molecule has 27 heavy (non-hydrogen) atoms. The van der Waals surface area contributed by atoms with E-state index in [1.165, 1.54) is 25.3 Å². The maximum absolute atomic E-state index is 13.3. The minimum absolute atomic E-state index is 0.0494. The molecule has 0 radical (unpaired) electrons. The smallest absolute Gasteiger partial charge is 0.311 e. The molecule has 144 valence electrons. The van der Waals surface area contributed by atoms with Gasteiger partial charge in [-0.25, -0.2) is 9.37 Å². The second-order valence-corrected chi connectivity index (χ2v) is 6.59. The van der Waals surface area contributed by atoms with Crippen LogP contribution in [0.3, 0.4) is 0 Å². The van der Waals surface area contributed by atoms with E-state index in [4.69, 9.17) is 0 Å². The van der Waals surface area contributed by atoms with Gasteiger partial charge in [-0.2, -0.15) is 0 Å². The fraction of sp³-hybridized carbons (Fsp3) is 0.333. The van der Waals surface area contributed by atoms with E-state index in [0.29, 0.717) is 18.7 Å². The largest absolute Gasteiger partial charge is 0.469 e. The van der Waals surface area contributed by atoms with Crippen LogP contribution >= 0.6 is 11.8 Å². The minimum atomic E-state index is -0.507. The first kappa shape index (κ1) is 20.6. The molecule has 0 spiro atoms. The molecular formula is C18H20FN3O4S. The van der Waals surface area contributed by atoms with Gasteiger partial charge in [0.15, 0.2) is 5.16 Å². The van der Waals surface area contributed by atoms with Crippen molar-refractivity contribution < 1.29 is 18.7 Å². The molecule has 1 heterocycles. The molecule has 0 unspecified atom stereocenters. The van der Waals surface area contributed by atoms with Crippen LogP contribution < -0.4 is 5.56 Å². The quantitative estimate of drug-likeness (QED) is 0.417. The predicted octanol–water partition coefficient (Wildman–Crippen LogP) is 1.77. The average molecular weight is 393 g/mol. The van der Waals surface area contributed by atoms with Crippen molar-refractivity contribution in [3.63, 3.8) is 0 Å². The summed E-state index contributed by atoms with van der Waals surface area (Å²) in [6.07, 6.45) is -0.122. The number of amides is 1. The third kappa shape index (κ3) is 6.52. The van der Waals surface area contributed by atoms with E-state index in [2.05, 4.69) is 14.7 Å². The zero-order valence-electron chi connectivity index (χ0n) is 15.0. The van der Waals surface area contributed by atoms with Gasteiger partial charge >= 0.3 is 5.97 Å². The van der Waals surface area contributed by atoms with Crippen molar-refractivity contribution in [3.8, 4) is 0 Å². The Bertz CT molecular complexity index is 872. The Morgan fingerprint density at radius 3 is 2.78 bits per heavy atom. The number of carbonyl (C=O) groups excluding carboxylic acids is 2. The Morgan fingerprint density at radius 1 is 1.33 bits per heavy atom. The van der Waals surface area contributed by atoms with Gasteiger partial charge in [0.2, 0.25) is 5.91 Å². The van der Waals surface area contributed by atoms with Gasteiger partial charge in [-0.05, 0) is 24.6 Å². The summed E-state index contributed by atoms with van der Waals surface area (Å²) in [5.74, 6) is -0.983. The van der Waals surface area contributed by atoms with Gasteiger partial charge in [0.1, 0.15) is 5.82 Å². The van der Waals surface area contributed by atoms with Gasteiger partial charge in [-0.3, -0.25) is 14.4 Å². The van der Waals surface area contributed by atoms with Crippen LogP contribution in [0.1, 0.15) is 18.2 Å². The fourth-order valence-electron chi connectivity index (χ4n) is 2.32. The van der Waals surface area contributed by atoms with Gasteiger partial charge in [-0.1, -0.05) is 23.9 Å². The van der Waals surface area contributed by atoms with Crippen molar-refractivity contribution in [1.82, 2.24) is 14.9 Å². The number of hydrogen-bond donors (Lipinski definition) is 1. The van der Waals surface area contributed by atoms with Crippen LogP contribution in [0.4, 0.5) is 4.39 Å². The highest BCUT2D eigenvalue weighted by Gasteiger charge is 2.15. The van der Waals surface area contributed by atoms with E-state index in [-0.39, 0.29) is 34.7 Å². The monoisotopic (exact) mass is 393 g/mol. The van der Waals surface area contributed by atoms with E-state index in [1.54, 1.807) is 17.0 Å². The summed E-state index contributed by atoms with van der Waals surface area (Å²) in [6, 6.07) is 7.30. The molecule has 1 aromatic carbocycles. The summed E-state index contributed by atoms with van der Waals surface area (Å²) in [7, 11) is 1.25. The number of benzene rings is 1. The molecule has 0 aliphatic carbocycles. The Labute approximate surface area is 159 Å². The van der Waals surface area contributed by atoms with Crippen LogP contribution in [-0.2, 0) is 27.3 Å². The lowest BCUT2D eigenvalue weighted by atomic mass is 10.2. The molecule has 1 aromatic heterocycles. The number of thioether (sulfide) groups is 1. The van der Waals surface area contributed by atoms with Gasteiger partial charge in [0.25, 0.3) is 5.56 Å². The molecule has 2 rings (SSSR count). The maximum Gasteiger partial charge on any atom is 0.311 e. The van der Waals surface area contributed by atoms with Crippen LogP contribution in [0.2, 0.25) is 0 Å². The van der Waals surface area contributed by atoms with E-state index in [1.807, 2.05) is 6.92 Å². The zero-order valence-corrected chi connectivity index (χ0v) is 15.8. The Hall–Kier alpha value is -2.68. The molecule has 1 amide bonds.